The molecule has 2 aliphatic rings. The second kappa shape index (κ2) is 8.09. The number of benzene rings is 1. The zero-order valence-corrected chi connectivity index (χ0v) is 16.7. The van der Waals surface area contributed by atoms with Crippen molar-refractivity contribution < 1.29 is 13.2 Å². The third-order valence-corrected chi connectivity index (χ3v) is 7.68. The highest BCUT2D eigenvalue weighted by Crippen LogP contribution is 2.27. The minimum atomic E-state index is -3.43. The lowest BCUT2D eigenvalue weighted by Gasteiger charge is -2.32. The summed E-state index contributed by atoms with van der Waals surface area (Å²) in [7, 11) is -3.43. The standard InChI is InChI=1S/C20H30N2O3S/c1-3-16(4-2)20(23)21-13-10-17-8-9-19(14-18(17)15-21)26(24,25)22-11-6-5-7-12-22/h8-9,14,16H,3-7,10-13,15H2,1-2H3. The van der Waals surface area contributed by atoms with Gasteiger partial charge < -0.3 is 4.90 Å². The number of amides is 1. The van der Waals surface area contributed by atoms with Crippen LogP contribution in [0.15, 0.2) is 23.1 Å². The molecule has 3 rings (SSSR count). The van der Waals surface area contributed by atoms with Crippen molar-refractivity contribution in [2.45, 2.75) is 63.8 Å². The molecule has 0 unspecified atom stereocenters. The van der Waals surface area contributed by atoms with Gasteiger partial charge in [0.2, 0.25) is 15.9 Å². The van der Waals surface area contributed by atoms with E-state index in [4.69, 9.17) is 0 Å². The highest BCUT2D eigenvalue weighted by atomic mass is 32.2. The van der Waals surface area contributed by atoms with E-state index in [1.54, 1.807) is 16.4 Å². The molecule has 0 bridgehead atoms. The maximum atomic E-state index is 12.9. The third kappa shape index (κ3) is 3.81. The number of rotatable bonds is 5. The SMILES string of the molecule is CCC(CC)C(=O)N1CCc2ccc(S(=O)(=O)N3CCCCC3)cc2C1. The summed E-state index contributed by atoms with van der Waals surface area (Å²) in [4.78, 5) is 15.0. The lowest BCUT2D eigenvalue weighted by atomic mass is 9.96. The molecule has 0 saturated carbocycles. The van der Waals surface area contributed by atoms with Gasteiger partial charge >= 0.3 is 0 Å². The van der Waals surface area contributed by atoms with Crippen molar-refractivity contribution in [3.63, 3.8) is 0 Å². The van der Waals surface area contributed by atoms with Crippen molar-refractivity contribution in [3.8, 4) is 0 Å². The zero-order valence-electron chi connectivity index (χ0n) is 15.9. The van der Waals surface area contributed by atoms with Gasteiger partial charge in [-0.15, -0.1) is 0 Å². The van der Waals surface area contributed by atoms with Crippen molar-refractivity contribution >= 4 is 15.9 Å². The monoisotopic (exact) mass is 378 g/mol. The molecule has 6 heteroatoms. The second-order valence-electron chi connectivity index (χ2n) is 7.42. The van der Waals surface area contributed by atoms with Gasteiger partial charge in [0.15, 0.2) is 0 Å². The average molecular weight is 379 g/mol. The highest BCUT2D eigenvalue weighted by Gasteiger charge is 2.29. The maximum Gasteiger partial charge on any atom is 0.243 e. The van der Waals surface area contributed by atoms with E-state index in [2.05, 4.69) is 0 Å². The molecule has 1 saturated heterocycles. The Morgan fingerprint density at radius 3 is 2.38 bits per heavy atom. The van der Waals surface area contributed by atoms with Crippen LogP contribution in [0.1, 0.15) is 57.1 Å². The molecular weight excluding hydrogens is 348 g/mol. The summed E-state index contributed by atoms with van der Waals surface area (Å²) in [6.07, 6.45) is 5.46. The number of fused-ring (bicyclic) bond motifs is 1. The summed E-state index contributed by atoms with van der Waals surface area (Å²) in [6, 6.07) is 5.47. The molecule has 1 amide bonds. The van der Waals surface area contributed by atoms with Gasteiger partial charge in [-0.25, -0.2) is 8.42 Å². The number of sulfonamides is 1. The molecule has 1 aromatic carbocycles. The number of hydrogen-bond donors (Lipinski definition) is 0. The topological polar surface area (TPSA) is 57.7 Å². The van der Waals surface area contributed by atoms with Crippen LogP contribution in [0.2, 0.25) is 0 Å². The minimum absolute atomic E-state index is 0.0665. The molecular formula is C20H30N2O3S. The summed E-state index contributed by atoms with van der Waals surface area (Å²) < 4.78 is 27.5. The molecule has 1 aromatic rings. The van der Waals surface area contributed by atoms with E-state index in [9.17, 15) is 13.2 Å². The Hall–Kier alpha value is -1.40. The summed E-state index contributed by atoms with van der Waals surface area (Å²) >= 11 is 0. The molecule has 0 radical (unpaired) electrons. The first-order valence-corrected chi connectivity index (χ1v) is 11.3. The van der Waals surface area contributed by atoms with Gasteiger partial charge in [0.05, 0.1) is 4.90 Å². The Morgan fingerprint density at radius 1 is 1.04 bits per heavy atom. The van der Waals surface area contributed by atoms with Crippen molar-refractivity contribution in [2.24, 2.45) is 5.92 Å². The normalized spacial score (nSPS) is 18.8. The molecule has 2 aliphatic heterocycles. The Bertz CT molecular complexity index is 750. The third-order valence-electron chi connectivity index (χ3n) is 5.79. The smallest absolute Gasteiger partial charge is 0.243 e. The minimum Gasteiger partial charge on any atom is -0.338 e. The van der Waals surface area contributed by atoms with Crippen molar-refractivity contribution in [2.75, 3.05) is 19.6 Å². The van der Waals surface area contributed by atoms with Crippen LogP contribution < -0.4 is 0 Å². The van der Waals surface area contributed by atoms with Crippen LogP contribution in [0, 0.1) is 5.92 Å². The summed E-state index contributed by atoms with van der Waals surface area (Å²) in [5, 5.41) is 0. The number of piperidine rings is 1. The molecule has 1 fully saturated rings. The van der Waals surface area contributed by atoms with Gasteiger partial charge in [0.25, 0.3) is 0 Å². The molecule has 26 heavy (non-hydrogen) atoms. The number of carbonyl (C=O) groups is 1. The molecule has 0 N–H and O–H groups in total. The van der Waals surface area contributed by atoms with Gasteiger partial charge in [0.1, 0.15) is 0 Å². The van der Waals surface area contributed by atoms with Crippen LogP contribution in [0.3, 0.4) is 0 Å². The summed E-state index contributed by atoms with van der Waals surface area (Å²) in [5.41, 5.74) is 2.14. The molecule has 0 aliphatic carbocycles. The first-order chi connectivity index (χ1) is 12.5. The van der Waals surface area contributed by atoms with Crippen LogP contribution in [0.4, 0.5) is 0 Å². The van der Waals surface area contributed by atoms with Crippen molar-refractivity contribution in [1.82, 2.24) is 9.21 Å². The fourth-order valence-corrected chi connectivity index (χ4v) is 5.60. The maximum absolute atomic E-state index is 12.9. The van der Waals surface area contributed by atoms with Crippen LogP contribution in [0.25, 0.3) is 0 Å². The summed E-state index contributed by atoms with van der Waals surface area (Å²) in [5.74, 6) is 0.266. The van der Waals surface area contributed by atoms with E-state index in [0.29, 0.717) is 24.5 Å². The van der Waals surface area contributed by atoms with Gasteiger partial charge in [0, 0.05) is 32.1 Å². The van der Waals surface area contributed by atoms with E-state index >= 15 is 0 Å². The fraction of sp³-hybridized carbons (Fsp3) is 0.650. The quantitative estimate of drug-likeness (QED) is 0.791. The summed E-state index contributed by atoms with van der Waals surface area (Å²) in [6.45, 7) is 6.56. The Labute approximate surface area is 157 Å². The van der Waals surface area contributed by atoms with Gasteiger partial charge in [-0.3, -0.25) is 4.79 Å². The van der Waals surface area contributed by atoms with Gasteiger partial charge in [-0.05, 0) is 55.4 Å². The first kappa shape index (κ1) is 19.4. The van der Waals surface area contributed by atoms with Gasteiger partial charge in [-0.1, -0.05) is 26.3 Å². The Balaban J connectivity index is 1.82. The first-order valence-electron chi connectivity index (χ1n) is 9.88. The molecule has 5 nitrogen and oxygen atoms in total. The Kier molecular flexibility index (Phi) is 6.03. The largest absolute Gasteiger partial charge is 0.338 e. The van der Waals surface area contributed by atoms with E-state index in [1.165, 1.54) is 0 Å². The van der Waals surface area contributed by atoms with Gasteiger partial charge in [-0.2, -0.15) is 4.31 Å². The Morgan fingerprint density at radius 2 is 1.73 bits per heavy atom. The lowest BCUT2D eigenvalue weighted by molar-refractivity contribution is -0.136. The predicted octanol–water partition coefficient (Wildman–Crippen LogP) is 3.18. The van der Waals surface area contributed by atoms with Crippen LogP contribution >= 0.6 is 0 Å². The van der Waals surface area contributed by atoms with Crippen molar-refractivity contribution in [1.29, 1.82) is 0 Å². The highest BCUT2D eigenvalue weighted by molar-refractivity contribution is 7.89. The fourth-order valence-electron chi connectivity index (χ4n) is 4.03. The molecule has 0 spiro atoms. The van der Waals surface area contributed by atoms with E-state index in [0.717, 1.165) is 56.2 Å². The van der Waals surface area contributed by atoms with Crippen LogP contribution in [-0.4, -0.2) is 43.2 Å². The van der Waals surface area contributed by atoms with Crippen LogP contribution in [-0.2, 0) is 27.8 Å². The predicted molar refractivity (Wildman–Crippen MR) is 102 cm³/mol. The van der Waals surface area contributed by atoms with E-state index in [1.807, 2.05) is 24.8 Å². The molecule has 144 valence electrons. The van der Waals surface area contributed by atoms with Crippen LogP contribution in [0.5, 0.6) is 0 Å². The van der Waals surface area contributed by atoms with E-state index in [-0.39, 0.29) is 11.8 Å². The number of carbonyl (C=O) groups excluding carboxylic acids is 1. The number of hydrogen-bond acceptors (Lipinski definition) is 3. The molecule has 0 atom stereocenters. The molecule has 2 heterocycles. The lowest BCUT2D eigenvalue weighted by Crippen LogP contribution is -2.40. The number of nitrogens with zero attached hydrogens (tertiary/aromatic N) is 2. The molecule has 0 aromatic heterocycles. The van der Waals surface area contributed by atoms with Crippen molar-refractivity contribution in [3.05, 3.63) is 29.3 Å². The second-order valence-corrected chi connectivity index (χ2v) is 9.36. The van der Waals surface area contributed by atoms with E-state index < -0.39 is 10.0 Å². The zero-order chi connectivity index (χ0) is 18.7. The average Bonchev–Trinajstić information content (AvgIpc) is 2.68.